The van der Waals surface area contributed by atoms with E-state index in [2.05, 4.69) is 10.2 Å². The molecule has 5 heteroatoms. The minimum absolute atomic E-state index is 0.00949. The molecule has 0 aromatic heterocycles. The number of rotatable bonds is 3. The number of thioether (sulfide) groups is 1. The summed E-state index contributed by atoms with van der Waals surface area (Å²) in [6.45, 7) is 7.99. The molecule has 0 radical (unpaired) electrons. The van der Waals surface area contributed by atoms with Crippen molar-refractivity contribution >= 4 is 39.9 Å². The van der Waals surface area contributed by atoms with Crippen LogP contribution < -0.4 is 5.32 Å². The van der Waals surface area contributed by atoms with Crippen LogP contribution in [0.4, 0.5) is 5.69 Å². The number of nitrogens with one attached hydrogen (secondary N) is 1. The van der Waals surface area contributed by atoms with Crippen molar-refractivity contribution in [1.29, 1.82) is 0 Å². The Hall–Kier alpha value is -1.07. The van der Waals surface area contributed by atoms with E-state index in [9.17, 15) is 4.79 Å². The van der Waals surface area contributed by atoms with E-state index in [1.807, 2.05) is 39.0 Å². The quantitative estimate of drug-likeness (QED) is 0.859. The van der Waals surface area contributed by atoms with Gasteiger partial charge in [0.2, 0.25) is 5.91 Å². The van der Waals surface area contributed by atoms with Crippen LogP contribution in [0.2, 0.25) is 0 Å². The third-order valence-electron chi connectivity index (χ3n) is 3.66. The highest BCUT2D eigenvalue weighted by molar-refractivity contribution is 8.23. The molecule has 1 N–H and O–H groups in total. The standard InChI is InChI=1S/C16H22N2OS2/c1-11-6-7-12(2)14(10-11)17-15(19)13(3)21-16(20)18-8-4-5-9-18/h6-7,10,13H,4-5,8-9H2,1-3H3,(H,17,19)/t13-/m1/s1. The molecule has 2 rings (SSSR count). The molecule has 1 aromatic carbocycles. The first kappa shape index (κ1) is 16.3. The number of likely N-dealkylation sites (tertiary alicyclic amines) is 1. The van der Waals surface area contributed by atoms with E-state index in [1.54, 1.807) is 0 Å². The highest BCUT2D eigenvalue weighted by Crippen LogP contribution is 2.22. The first-order valence-corrected chi connectivity index (χ1v) is 8.60. The van der Waals surface area contributed by atoms with Gasteiger partial charge in [-0.2, -0.15) is 0 Å². The molecule has 0 bridgehead atoms. The zero-order valence-electron chi connectivity index (χ0n) is 12.8. The van der Waals surface area contributed by atoms with E-state index in [0.717, 1.165) is 34.2 Å². The zero-order chi connectivity index (χ0) is 15.4. The molecular weight excluding hydrogens is 300 g/mol. The maximum Gasteiger partial charge on any atom is 0.237 e. The SMILES string of the molecule is Cc1ccc(C)c(NC(=O)[C@@H](C)SC(=S)N2CCCC2)c1. The summed E-state index contributed by atoms with van der Waals surface area (Å²) in [6.07, 6.45) is 2.40. The van der Waals surface area contributed by atoms with Crippen LogP contribution in [0.5, 0.6) is 0 Å². The van der Waals surface area contributed by atoms with E-state index in [4.69, 9.17) is 12.2 Å². The molecule has 1 saturated heterocycles. The second kappa shape index (κ2) is 7.27. The van der Waals surface area contributed by atoms with Gasteiger partial charge in [0.1, 0.15) is 4.32 Å². The summed E-state index contributed by atoms with van der Waals surface area (Å²) in [6, 6.07) is 6.08. The number of nitrogens with zero attached hydrogens (tertiary/aromatic N) is 1. The van der Waals surface area contributed by atoms with Gasteiger partial charge in [-0.05, 0) is 50.8 Å². The normalized spacial score (nSPS) is 15.9. The molecule has 1 amide bonds. The predicted octanol–water partition coefficient (Wildman–Crippen LogP) is 3.74. The molecule has 1 aromatic rings. The van der Waals surface area contributed by atoms with Gasteiger partial charge in [0.25, 0.3) is 0 Å². The minimum Gasteiger partial charge on any atom is -0.358 e. The van der Waals surface area contributed by atoms with Crippen molar-refractivity contribution in [3.8, 4) is 0 Å². The van der Waals surface area contributed by atoms with E-state index in [1.165, 1.54) is 24.6 Å². The van der Waals surface area contributed by atoms with E-state index in [0.29, 0.717) is 0 Å². The van der Waals surface area contributed by atoms with Crippen LogP contribution in [0.15, 0.2) is 18.2 Å². The average Bonchev–Trinajstić information content (AvgIpc) is 2.97. The molecule has 114 valence electrons. The van der Waals surface area contributed by atoms with Gasteiger partial charge in [-0.25, -0.2) is 0 Å². The summed E-state index contributed by atoms with van der Waals surface area (Å²) in [5.41, 5.74) is 3.11. The molecule has 0 unspecified atom stereocenters. The van der Waals surface area contributed by atoms with Crippen LogP contribution in [-0.2, 0) is 4.79 Å². The van der Waals surface area contributed by atoms with Crippen molar-refractivity contribution in [2.75, 3.05) is 18.4 Å². The lowest BCUT2D eigenvalue weighted by Crippen LogP contribution is -2.29. The maximum atomic E-state index is 12.3. The maximum absolute atomic E-state index is 12.3. The van der Waals surface area contributed by atoms with Crippen LogP contribution in [0, 0.1) is 13.8 Å². The molecule has 1 aliphatic rings. The zero-order valence-corrected chi connectivity index (χ0v) is 14.4. The highest BCUT2D eigenvalue weighted by atomic mass is 32.2. The number of hydrogen-bond donors (Lipinski definition) is 1. The molecule has 0 saturated carbocycles. The number of thiocarbonyl (C=S) groups is 1. The Bertz CT molecular complexity index is 539. The molecular formula is C16H22N2OS2. The first-order valence-electron chi connectivity index (χ1n) is 7.31. The Balaban J connectivity index is 1.93. The molecule has 1 aliphatic heterocycles. The molecule has 1 heterocycles. The Morgan fingerprint density at radius 2 is 2.00 bits per heavy atom. The van der Waals surface area contributed by atoms with Gasteiger partial charge in [-0.15, -0.1) is 0 Å². The van der Waals surface area contributed by atoms with E-state index in [-0.39, 0.29) is 11.2 Å². The Morgan fingerprint density at radius 3 is 2.67 bits per heavy atom. The van der Waals surface area contributed by atoms with Crippen molar-refractivity contribution in [1.82, 2.24) is 4.90 Å². The van der Waals surface area contributed by atoms with Crippen LogP contribution in [0.1, 0.15) is 30.9 Å². The van der Waals surface area contributed by atoms with Gasteiger partial charge in [-0.3, -0.25) is 4.79 Å². The Labute approximate surface area is 136 Å². The summed E-state index contributed by atoms with van der Waals surface area (Å²) in [7, 11) is 0. The fourth-order valence-electron chi connectivity index (χ4n) is 2.28. The lowest BCUT2D eigenvalue weighted by atomic mass is 10.1. The monoisotopic (exact) mass is 322 g/mol. The fraction of sp³-hybridized carbons (Fsp3) is 0.500. The Morgan fingerprint density at radius 1 is 1.33 bits per heavy atom. The molecule has 1 atom stereocenters. The number of carbonyl (C=O) groups is 1. The van der Waals surface area contributed by atoms with Gasteiger partial charge in [0, 0.05) is 18.8 Å². The smallest absolute Gasteiger partial charge is 0.237 e. The summed E-state index contributed by atoms with van der Waals surface area (Å²) in [5, 5.41) is 2.83. The molecule has 1 fully saturated rings. The van der Waals surface area contributed by atoms with Crippen LogP contribution in [0.25, 0.3) is 0 Å². The average molecular weight is 322 g/mol. The lowest BCUT2D eigenvalue weighted by molar-refractivity contribution is -0.115. The van der Waals surface area contributed by atoms with Gasteiger partial charge >= 0.3 is 0 Å². The van der Waals surface area contributed by atoms with Crippen molar-refractivity contribution in [2.24, 2.45) is 0 Å². The van der Waals surface area contributed by atoms with Crippen molar-refractivity contribution in [2.45, 2.75) is 38.9 Å². The fourth-order valence-corrected chi connectivity index (χ4v) is 3.70. The topological polar surface area (TPSA) is 32.3 Å². The van der Waals surface area contributed by atoms with Gasteiger partial charge in [-0.1, -0.05) is 36.1 Å². The number of hydrogen-bond acceptors (Lipinski definition) is 3. The molecule has 0 aliphatic carbocycles. The summed E-state index contributed by atoms with van der Waals surface area (Å²) < 4.78 is 0.844. The number of aryl methyl sites for hydroxylation is 2. The number of benzene rings is 1. The molecule has 3 nitrogen and oxygen atoms in total. The second-order valence-corrected chi connectivity index (χ2v) is 7.50. The number of anilines is 1. The third kappa shape index (κ3) is 4.45. The summed E-state index contributed by atoms with van der Waals surface area (Å²) in [4.78, 5) is 14.5. The first-order chi connectivity index (χ1) is 9.97. The Kier molecular flexibility index (Phi) is 5.65. The van der Waals surface area contributed by atoms with Crippen molar-refractivity contribution < 1.29 is 4.79 Å². The van der Waals surface area contributed by atoms with Gasteiger partial charge in [0.15, 0.2) is 0 Å². The third-order valence-corrected chi connectivity index (χ3v) is 5.24. The van der Waals surface area contributed by atoms with Crippen LogP contribution in [-0.4, -0.2) is 33.5 Å². The number of carbonyl (C=O) groups excluding carboxylic acids is 1. The largest absolute Gasteiger partial charge is 0.358 e. The number of amides is 1. The summed E-state index contributed by atoms with van der Waals surface area (Å²) in [5.74, 6) is 0.00949. The van der Waals surface area contributed by atoms with Crippen LogP contribution >= 0.6 is 24.0 Å². The van der Waals surface area contributed by atoms with E-state index < -0.39 is 0 Å². The molecule has 0 spiro atoms. The molecule has 21 heavy (non-hydrogen) atoms. The predicted molar refractivity (Wildman–Crippen MR) is 95.0 cm³/mol. The second-order valence-electron chi connectivity index (χ2n) is 5.53. The van der Waals surface area contributed by atoms with Gasteiger partial charge in [0.05, 0.1) is 5.25 Å². The summed E-state index contributed by atoms with van der Waals surface area (Å²) >= 11 is 6.91. The van der Waals surface area contributed by atoms with E-state index >= 15 is 0 Å². The minimum atomic E-state index is -0.182. The van der Waals surface area contributed by atoms with Crippen molar-refractivity contribution in [3.05, 3.63) is 29.3 Å². The van der Waals surface area contributed by atoms with Crippen LogP contribution in [0.3, 0.4) is 0 Å². The van der Waals surface area contributed by atoms with Crippen molar-refractivity contribution in [3.63, 3.8) is 0 Å². The lowest BCUT2D eigenvalue weighted by Gasteiger charge is -2.20. The van der Waals surface area contributed by atoms with Gasteiger partial charge < -0.3 is 10.2 Å². The highest BCUT2D eigenvalue weighted by Gasteiger charge is 2.21.